The third kappa shape index (κ3) is 4.44. The summed E-state index contributed by atoms with van der Waals surface area (Å²) < 4.78 is 0.993. The van der Waals surface area contributed by atoms with Crippen LogP contribution in [0.5, 0.6) is 0 Å². The first-order valence-corrected chi connectivity index (χ1v) is 9.05. The minimum atomic E-state index is -0.437. The van der Waals surface area contributed by atoms with Crippen LogP contribution in [0.3, 0.4) is 0 Å². The molecule has 10 heteroatoms. The molecule has 0 bridgehead atoms. The van der Waals surface area contributed by atoms with Gasteiger partial charge in [-0.2, -0.15) is 9.89 Å². The minimum absolute atomic E-state index is 0.186. The maximum absolute atomic E-state index is 12.2. The highest BCUT2D eigenvalue weighted by atomic mass is 79.9. The first-order chi connectivity index (χ1) is 12.0. The van der Waals surface area contributed by atoms with Crippen LogP contribution in [0.2, 0.25) is 5.02 Å². The van der Waals surface area contributed by atoms with E-state index in [0.717, 1.165) is 14.4 Å². The molecule has 2 aromatic heterocycles. The zero-order valence-electron chi connectivity index (χ0n) is 12.9. The lowest BCUT2D eigenvalue weighted by Crippen LogP contribution is -2.20. The van der Waals surface area contributed by atoms with Gasteiger partial charge in [0.25, 0.3) is 5.91 Å². The fourth-order valence-electron chi connectivity index (χ4n) is 1.90. The molecule has 0 spiro atoms. The molecule has 0 aliphatic carbocycles. The molecule has 0 unspecified atom stereocenters. The fraction of sp³-hybridized carbons (Fsp3) is 0.0667. The summed E-state index contributed by atoms with van der Waals surface area (Å²) in [5.74, 6) is -0.437. The summed E-state index contributed by atoms with van der Waals surface area (Å²) in [5, 5.41) is 12.4. The highest BCUT2D eigenvalue weighted by Crippen LogP contribution is 2.20. The third-order valence-electron chi connectivity index (χ3n) is 3.14. The zero-order chi connectivity index (χ0) is 17.8. The number of aromatic nitrogens is 3. The Bertz CT molecular complexity index is 921. The molecule has 128 valence electrons. The van der Waals surface area contributed by atoms with Crippen LogP contribution in [-0.2, 0) is 0 Å². The summed E-state index contributed by atoms with van der Waals surface area (Å²) in [4.78, 5) is 14.5. The molecule has 25 heavy (non-hydrogen) atoms. The molecule has 0 saturated carbocycles. The van der Waals surface area contributed by atoms with E-state index in [9.17, 15) is 4.79 Å². The Morgan fingerprint density at radius 1 is 1.32 bits per heavy atom. The standard InChI is InChI=1S/C15H12BrClN6OS/c1-9-14(15(24)20-18-8-12-6-7-13(16)25-12)19-22-23(9)21-11-4-2-10(17)3-5-11/h2-8,21H,1H3,(H,20,24)/b18-8+. The van der Waals surface area contributed by atoms with E-state index in [1.807, 2.05) is 12.1 Å². The number of benzene rings is 1. The molecule has 1 amide bonds. The van der Waals surface area contributed by atoms with Crippen molar-refractivity contribution in [2.45, 2.75) is 6.92 Å². The Labute approximate surface area is 160 Å². The number of carbonyl (C=O) groups is 1. The molecule has 1 aromatic carbocycles. The highest BCUT2D eigenvalue weighted by Gasteiger charge is 2.16. The molecule has 0 aliphatic rings. The van der Waals surface area contributed by atoms with Crippen LogP contribution in [0.1, 0.15) is 21.1 Å². The van der Waals surface area contributed by atoms with Crippen molar-refractivity contribution in [1.29, 1.82) is 0 Å². The van der Waals surface area contributed by atoms with Gasteiger partial charge in [0.15, 0.2) is 5.69 Å². The number of carbonyl (C=O) groups excluding carboxylic acids is 1. The number of anilines is 1. The third-order valence-corrected chi connectivity index (χ3v) is 4.95. The Hall–Kier alpha value is -2.23. The topological polar surface area (TPSA) is 84.2 Å². The van der Waals surface area contributed by atoms with Crippen LogP contribution in [0, 0.1) is 6.92 Å². The lowest BCUT2D eigenvalue weighted by molar-refractivity contribution is 0.0949. The average molecular weight is 440 g/mol. The van der Waals surface area contributed by atoms with E-state index in [0.29, 0.717) is 10.7 Å². The van der Waals surface area contributed by atoms with E-state index < -0.39 is 5.91 Å². The van der Waals surface area contributed by atoms with E-state index in [4.69, 9.17) is 11.6 Å². The number of amides is 1. The molecule has 0 atom stereocenters. The zero-order valence-corrected chi connectivity index (χ0v) is 16.1. The largest absolute Gasteiger partial charge is 0.293 e. The molecule has 0 aliphatic heterocycles. The van der Waals surface area contributed by atoms with Crippen LogP contribution in [0.4, 0.5) is 5.69 Å². The minimum Gasteiger partial charge on any atom is -0.277 e. The SMILES string of the molecule is Cc1c(C(=O)N/N=C/c2ccc(Br)s2)nnn1Nc1ccc(Cl)cc1. The van der Waals surface area contributed by atoms with E-state index in [2.05, 4.69) is 42.2 Å². The van der Waals surface area contributed by atoms with Crippen molar-refractivity contribution in [3.63, 3.8) is 0 Å². The first-order valence-electron chi connectivity index (χ1n) is 7.06. The van der Waals surface area contributed by atoms with Crippen LogP contribution in [-0.4, -0.2) is 27.2 Å². The van der Waals surface area contributed by atoms with Crippen molar-refractivity contribution in [3.8, 4) is 0 Å². The fourth-order valence-corrected chi connectivity index (χ4v) is 3.32. The molecule has 0 fully saturated rings. The van der Waals surface area contributed by atoms with Crippen LogP contribution >= 0.6 is 38.9 Å². The number of rotatable bonds is 5. The van der Waals surface area contributed by atoms with Gasteiger partial charge in [-0.3, -0.25) is 10.2 Å². The van der Waals surface area contributed by atoms with Gasteiger partial charge in [-0.1, -0.05) is 11.6 Å². The molecule has 3 rings (SSSR count). The van der Waals surface area contributed by atoms with E-state index in [1.54, 1.807) is 37.4 Å². The van der Waals surface area contributed by atoms with E-state index in [1.165, 1.54) is 16.1 Å². The van der Waals surface area contributed by atoms with Crippen LogP contribution < -0.4 is 10.9 Å². The molecule has 7 nitrogen and oxygen atoms in total. The molecule has 2 heterocycles. The van der Waals surface area contributed by atoms with Crippen molar-refractivity contribution < 1.29 is 4.79 Å². The summed E-state index contributed by atoms with van der Waals surface area (Å²) in [6.07, 6.45) is 1.57. The van der Waals surface area contributed by atoms with Gasteiger partial charge in [0.05, 0.1) is 21.4 Å². The molecular weight excluding hydrogens is 428 g/mol. The summed E-state index contributed by atoms with van der Waals surface area (Å²) in [6, 6.07) is 10.9. The molecule has 0 radical (unpaired) electrons. The smallest absolute Gasteiger partial charge is 0.277 e. The highest BCUT2D eigenvalue weighted by molar-refractivity contribution is 9.11. The second kappa shape index (κ2) is 7.77. The quantitative estimate of drug-likeness (QED) is 0.469. The Balaban J connectivity index is 1.66. The predicted octanol–water partition coefficient (Wildman–Crippen LogP) is 3.70. The lowest BCUT2D eigenvalue weighted by Gasteiger charge is -2.07. The van der Waals surface area contributed by atoms with Crippen molar-refractivity contribution >= 4 is 56.7 Å². The summed E-state index contributed by atoms with van der Waals surface area (Å²) in [6.45, 7) is 1.73. The number of hydrogen-bond acceptors (Lipinski definition) is 6. The summed E-state index contributed by atoms with van der Waals surface area (Å²) in [5.41, 5.74) is 6.98. The number of nitrogens with zero attached hydrogens (tertiary/aromatic N) is 4. The van der Waals surface area contributed by atoms with Gasteiger partial charge in [-0.25, -0.2) is 5.43 Å². The summed E-state index contributed by atoms with van der Waals surface area (Å²) >= 11 is 10.7. The molecule has 2 N–H and O–H groups in total. The van der Waals surface area contributed by atoms with Gasteiger partial charge < -0.3 is 0 Å². The molecule has 3 aromatic rings. The summed E-state index contributed by atoms with van der Waals surface area (Å²) in [7, 11) is 0. The maximum atomic E-state index is 12.2. The Morgan fingerprint density at radius 3 is 2.76 bits per heavy atom. The van der Waals surface area contributed by atoms with Crippen molar-refractivity contribution in [3.05, 3.63) is 61.5 Å². The number of halogens is 2. The van der Waals surface area contributed by atoms with Gasteiger partial charge >= 0.3 is 0 Å². The van der Waals surface area contributed by atoms with E-state index in [-0.39, 0.29) is 5.69 Å². The maximum Gasteiger partial charge on any atom is 0.293 e. The van der Waals surface area contributed by atoms with Gasteiger partial charge in [-0.15, -0.1) is 16.4 Å². The molecule has 0 saturated heterocycles. The van der Waals surface area contributed by atoms with E-state index >= 15 is 0 Å². The number of nitrogens with one attached hydrogen (secondary N) is 2. The monoisotopic (exact) mass is 438 g/mol. The van der Waals surface area contributed by atoms with Crippen LogP contribution in [0.15, 0.2) is 45.3 Å². The number of thiophene rings is 1. The van der Waals surface area contributed by atoms with Gasteiger partial charge in [0, 0.05) is 9.90 Å². The van der Waals surface area contributed by atoms with Crippen molar-refractivity contribution in [1.82, 2.24) is 20.5 Å². The second-order valence-electron chi connectivity index (χ2n) is 4.89. The Kier molecular flexibility index (Phi) is 5.47. The van der Waals surface area contributed by atoms with Crippen molar-refractivity contribution in [2.24, 2.45) is 5.10 Å². The number of hydrazone groups is 1. The normalized spacial score (nSPS) is 11.0. The van der Waals surface area contributed by atoms with Gasteiger partial charge in [0.1, 0.15) is 0 Å². The average Bonchev–Trinajstić information content (AvgIpc) is 3.16. The Morgan fingerprint density at radius 2 is 2.08 bits per heavy atom. The predicted molar refractivity (Wildman–Crippen MR) is 102 cm³/mol. The van der Waals surface area contributed by atoms with Crippen molar-refractivity contribution in [2.75, 3.05) is 5.43 Å². The van der Waals surface area contributed by atoms with Crippen LogP contribution in [0.25, 0.3) is 0 Å². The van der Waals surface area contributed by atoms with Gasteiger partial charge in [-0.05, 0) is 64.5 Å². The lowest BCUT2D eigenvalue weighted by atomic mass is 10.3. The van der Waals surface area contributed by atoms with Gasteiger partial charge in [0.2, 0.25) is 0 Å². The first kappa shape index (κ1) is 17.6. The molecular formula is C15H12BrClN6OS. The number of hydrogen-bond donors (Lipinski definition) is 2. The second-order valence-corrected chi connectivity index (χ2v) is 7.83.